The SMILES string of the molecule is CCCNCc1cnc(N2CCC(C(=O)NC)CC2)nc1. The maximum Gasteiger partial charge on any atom is 0.225 e. The van der Waals surface area contributed by atoms with Gasteiger partial charge in [0.05, 0.1) is 0 Å². The van der Waals surface area contributed by atoms with Gasteiger partial charge in [0.2, 0.25) is 11.9 Å². The van der Waals surface area contributed by atoms with Crippen molar-refractivity contribution in [3.05, 3.63) is 18.0 Å². The predicted molar refractivity (Wildman–Crippen MR) is 83.0 cm³/mol. The van der Waals surface area contributed by atoms with E-state index >= 15 is 0 Å². The van der Waals surface area contributed by atoms with E-state index in [2.05, 4.69) is 32.4 Å². The zero-order valence-electron chi connectivity index (χ0n) is 12.9. The minimum absolute atomic E-state index is 0.128. The lowest BCUT2D eigenvalue weighted by molar-refractivity contribution is -0.125. The molecule has 116 valence electrons. The minimum Gasteiger partial charge on any atom is -0.359 e. The topological polar surface area (TPSA) is 70.2 Å². The van der Waals surface area contributed by atoms with Gasteiger partial charge in [0.15, 0.2) is 0 Å². The summed E-state index contributed by atoms with van der Waals surface area (Å²) in [6.07, 6.45) is 6.62. The molecule has 0 saturated carbocycles. The van der Waals surface area contributed by atoms with E-state index in [0.717, 1.165) is 57.0 Å². The molecule has 0 spiro atoms. The third-order valence-electron chi connectivity index (χ3n) is 3.84. The molecule has 0 radical (unpaired) electrons. The number of rotatable bonds is 6. The number of carbonyl (C=O) groups excluding carboxylic acids is 1. The average molecular weight is 291 g/mol. The molecule has 2 rings (SSSR count). The number of nitrogens with one attached hydrogen (secondary N) is 2. The van der Waals surface area contributed by atoms with Crippen LogP contribution in [0.1, 0.15) is 31.7 Å². The first-order chi connectivity index (χ1) is 10.2. The summed E-state index contributed by atoms with van der Waals surface area (Å²) in [6, 6.07) is 0. The molecule has 1 aliphatic heterocycles. The fourth-order valence-corrected chi connectivity index (χ4v) is 2.56. The lowest BCUT2D eigenvalue weighted by Crippen LogP contribution is -2.40. The number of aromatic nitrogens is 2. The van der Waals surface area contributed by atoms with E-state index in [4.69, 9.17) is 0 Å². The molecule has 1 aromatic heterocycles. The molecule has 6 nitrogen and oxygen atoms in total. The fourth-order valence-electron chi connectivity index (χ4n) is 2.56. The van der Waals surface area contributed by atoms with Gasteiger partial charge in [-0.1, -0.05) is 6.92 Å². The highest BCUT2D eigenvalue weighted by molar-refractivity contribution is 5.78. The largest absolute Gasteiger partial charge is 0.359 e. The molecule has 21 heavy (non-hydrogen) atoms. The van der Waals surface area contributed by atoms with Gasteiger partial charge in [0.25, 0.3) is 0 Å². The van der Waals surface area contributed by atoms with Crippen molar-refractivity contribution in [2.24, 2.45) is 5.92 Å². The highest BCUT2D eigenvalue weighted by atomic mass is 16.1. The van der Waals surface area contributed by atoms with Crippen molar-refractivity contribution in [1.29, 1.82) is 0 Å². The molecule has 6 heteroatoms. The Morgan fingerprint density at radius 3 is 2.57 bits per heavy atom. The Balaban J connectivity index is 1.84. The molecule has 0 bridgehead atoms. The number of hydrogen-bond donors (Lipinski definition) is 2. The van der Waals surface area contributed by atoms with Crippen LogP contribution >= 0.6 is 0 Å². The van der Waals surface area contributed by atoms with E-state index < -0.39 is 0 Å². The Kier molecular flexibility index (Phi) is 5.92. The molecule has 2 N–H and O–H groups in total. The van der Waals surface area contributed by atoms with Crippen molar-refractivity contribution in [3.63, 3.8) is 0 Å². The summed E-state index contributed by atoms with van der Waals surface area (Å²) in [5.74, 6) is 1.04. The van der Waals surface area contributed by atoms with Gasteiger partial charge >= 0.3 is 0 Å². The molecule has 1 aliphatic rings. The van der Waals surface area contributed by atoms with Gasteiger partial charge in [-0.3, -0.25) is 4.79 Å². The number of nitrogens with zero attached hydrogens (tertiary/aromatic N) is 3. The summed E-state index contributed by atoms with van der Waals surface area (Å²) >= 11 is 0. The zero-order valence-corrected chi connectivity index (χ0v) is 12.9. The lowest BCUT2D eigenvalue weighted by atomic mass is 9.96. The van der Waals surface area contributed by atoms with Gasteiger partial charge in [-0.15, -0.1) is 0 Å². The van der Waals surface area contributed by atoms with Crippen LogP contribution in [0.25, 0.3) is 0 Å². The highest BCUT2D eigenvalue weighted by Crippen LogP contribution is 2.20. The van der Waals surface area contributed by atoms with E-state index in [1.54, 1.807) is 7.05 Å². The number of amides is 1. The van der Waals surface area contributed by atoms with Crippen molar-refractivity contribution >= 4 is 11.9 Å². The second-order valence-electron chi connectivity index (χ2n) is 5.44. The number of piperidine rings is 1. The summed E-state index contributed by atoms with van der Waals surface area (Å²) < 4.78 is 0. The van der Waals surface area contributed by atoms with Crippen LogP contribution in [0.5, 0.6) is 0 Å². The van der Waals surface area contributed by atoms with E-state index in [0.29, 0.717) is 0 Å². The number of hydrogen-bond acceptors (Lipinski definition) is 5. The molecule has 1 amide bonds. The quantitative estimate of drug-likeness (QED) is 0.763. The smallest absolute Gasteiger partial charge is 0.225 e. The first kappa shape index (κ1) is 15.7. The Morgan fingerprint density at radius 2 is 2.00 bits per heavy atom. The molecule has 2 heterocycles. The van der Waals surface area contributed by atoms with Crippen molar-refractivity contribution < 1.29 is 4.79 Å². The summed E-state index contributed by atoms with van der Waals surface area (Å²) in [5.41, 5.74) is 1.10. The van der Waals surface area contributed by atoms with Crippen LogP contribution in [0.4, 0.5) is 5.95 Å². The maximum atomic E-state index is 11.6. The van der Waals surface area contributed by atoms with Gasteiger partial charge in [0, 0.05) is 50.6 Å². The Labute approximate surface area is 126 Å². The van der Waals surface area contributed by atoms with E-state index in [9.17, 15) is 4.79 Å². The maximum absolute atomic E-state index is 11.6. The normalized spacial score (nSPS) is 16.0. The molecule has 1 saturated heterocycles. The van der Waals surface area contributed by atoms with Crippen molar-refractivity contribution in [1.82, 2.24) is 20.6 Å². The molecule has 0 unspecified atom stereocenters. The number of carbonyl (C=O) groups is 1. The molecule has 0 atom stereocenters. The molecule has 0 aliphatic carbocycles. The van der Waals surface area contributed by atoms with Crippen LogP contribution in [0.3, 0.4) is 0 Å². The first-order valence-corrected chi connectivity index (χ1v) is 7.72. The van der Waals surface area contributed by atoms with Crippen LogP contribution in [0.15, 0.2) is 12.4 Å². The van der Waals surface area contributed by atoms with Gasteiger partial charge in [-0.2, -0.15) is 0 Å². The third-order valence-corrected chi connectivity index (χ3v) is 3.84. The first-order valence-electron chi connectivity index (χ1n) is 7.72. The van der Waals surface area contributed by atoms with Gasteiger partial charge < -0.3 is 15.5 Å². The van der Waals surface area contributed by atoms with Crippen LogP contribution in [0, 0.1) is 5.92 Å². The zero-order chi connectivity index (χ0) is 15.1. The van der Waals surface area contributed by atoms with Crippen LogP contribution in [-0.4, -0.2) is 42.6 Å². The Morgan fingerprint density at radius 1 is 1.33 bits per heavy atom. The average Bonchev–Trinajstić information content (AvgIpc) is 2.55. The summed E-state index contributed by atoms with van der Waals surface area (Å²) in [5, 5.41) is 6.06. The van der Waals surface area contributed by atoms with Crippen LogP contribution in [-0.2, 0) is 11.3 Å². The van der Waals surface area contributed by atoms with Crippen molar-refractivity contribution in [3.8, 4) is 0 Å². The lowest BCUT2D eigenvalue weighted by Gasteiger charge is -2.31. The second-order valence-corrected chi connectivity index (χ2v) is 5.44. The van der Waals surface area contributed by atoms with Gasteiger partial charge in [-0.25, -0.2) is 9.97 Å². The van der Waals surface area contributed by atoms with Crippen LogP contribution in [0.2, 0.25) is 0 Å². The third kappa shape index (κ3) is 4.39. The molecular weight excluding hydrogens is 266 g/mol. The molecular formula is C15H25N5O. The van der Waals surface area contributed by atoms with Crippen molar-refractivity contribution in [2.45, 2.75) is 32.7 Å². The fraction of sp³-hybridized carbons (Fsp3) is 0.667. The van der Waals surface area contributed by atoms with E-state index in [-0.39, 0.29) is 11.8 Å². The van der Waals surface area contributed by atoms with E-state index in [1.165, 1.54) is 0 Å². The van der Waals surface area contributed by atoms with Gasteiger partial charge in [0.1, 0.15) is 0 Å². The van der Waals surface area contributed by atoms with Crippen molar-refractivity contribution in [2.75, 3.05) is 31.6 Å². The van der Waals surface area contributed by atoms with Crippen LogP contribution < -0.4 is 15.5 Å². The molecule has 1 aromatic rings. The number of anilines is 1. The summed E-state index contributed by atoms with van der Waals surface area (Å²) in [7, 11) is 1.70. The second kappa shape index (κ2) is 7.93. The predicted octanol–water partition coefficient (Wildman–Crippen LogP) is 0.939. The molecule has 1 fully saturated rings. The monoisotopic (exact) mass is 291 g/mol. The Bertz CT molecular complexity index is 440. The minimum atomic E-state index is 0.128. The Hall–Kier alpha value is -1.69. The highest BCUT2D eigenvalue weighted by Gasteiger charge is 2.25. The van der Waals surface area contributed by atoms with E-state index in [1.807, 2.05) is 12.4 Å². The summed E-state index contributed by atoms with van der Waals surface area (Å²) in [4.78, 5) is 22.7. The standard InChI is InChI=1S/C15H25N5O/c1-3-6-17-9-12-10-18-15(19-11-12)20-7-4-13(5-8-20)14(21)16-2/h10-11,13,17H,3-9H2,1-2H3,(H,16,21). The molecule has 0 aromatic carbocycles. The van der Waals surface area contributed by atoms with Gasteiger partial charge in [-0.05, 0) is 25.8 Å². The summed E-state index contributed by atoms with van der Waals surface area (Å²) in [6.45, 7) is 5.65.